The van der Waals surface area contributed by atoms with Crippen molar-refractivity contribution in [2.45, 2.75) is 0 Å². The lowest BCUT2D eigenvalue weighted by Gasteiger charge is -2.06. The first-order chi connectivity index (χ1) is 9.11. The number of nitrogens with two attached hydrogens (primary N) is 1. The second kappa shape index (κ2) is 5.85. The Morgan fingerprint density at radius 3 is 3.00 bits per heavy atom. The van der Waals surface area contributed by atoms with Crippen LogP contribution in [0.3, 0.4) is 0 Å². The van der Waals surface area contributed by atoms with Gasteiger partial charge in [-0.1, -0.05) is 11.6 Å². The Kier molecular flexibility index (Phi) is 4.18. The molecule has 0 saturated heterocycles. The van der Waals surface area contributed by atoms with E-state index in [4.69, 9.17) is 22.1 Å². The second-order valence-corrected chi connectivity index (χ2v) is 4.66. The van der Waals surface area contributed by atoms with E-state index in [0.717, 1.165) is 0 Å². The van der Waals surface area contributed by atoms with Crippen molar-refractivity contribution in [3.05, 3.63) is 33.9 Å². The van der Waals surface area contributed by atoms with Crippen LogP contribution in [0.4, 0.5) is 15.3 Å². The fourth-order valence-corrected chi connectivity index (χ4v) is 2.09. The fraction of sp³-hybridized carbons (Fsp3) is 0.0909. The number of ether oxygens (including phenoxy) is 1. The highest BCUT2D eigenvalue weighted by molar-refractivity contribution is 7.14. The molecule has 1 heterocycles. The summed E-state index contributed by atoms with van der Waals surface area (Å²) in [4.78, 5) is 3.96. The molecule has 100 valence electrons. The Bertz CT molecular complexity index is 617. The first kappa shape index (κ1) is 13.6. The van der Waals surface area contributed by atoms with Crippen LogP contribution in [0.2, 0.25) is 5.02 Å². The van der Waals surface area contributed by atoms with Crippen molar-refractivity contribution in [3.8, 4) is 5.75 Å². The summed E-state index contributed by atoms with van der Waals surface area (Å²) in [6.07, 6.45) is 1.36. The van der Waals surface area contributed by atoms with E-state index in [-0.39, 0.29) is 5.02 Å². The molecule has 8 heteroatoms. The van der Waals surface area contributed by atoms with Gasteiger partial charge in [0.1, 0.15) is 17.4 Å². The highest BCUT2D eigenvalue weighted by Gasteiger charge is 2.10. The van der Waals surface area contributed by atoms with Crippen LogP contribution in [0.5, 0.6) is 5.75 Å². The van der Waals surface area contributed by atoms with Crippen LogP contribution < -0.4 is 15.9 Å². The van der Waals surface area contributed by atoms with E-state index in [1.165, 1.54) is 36.8 Å². The molecule has 19 heavy (non-hydrogen) atoms. The Hall–Kier alpha value is -1.86. The predicted molar refractivity (Wildman–Crippen MR) is 75.7 cm³/mol. The topological polar surface area (TPSA) is 72.5 Å². The zero-order valence-corrected chi connectivity index (χ0v) is 11.4. The minimum absolute atomic E-state index is 0.0523. The van der Waals surface area contributed by atoms with Gasteiger partial charge < -0.3 is 10.5 Å². The first-order valence-electron chi connectivity index (χ1n) is 5.14. The number of hydrogen-bond donors (Lipinski definition) is 2. The maximum atomic E-state index is 13.4. The van der Waals surface area contributed by atoms with E-state index < -0.39 is 5.82 Å². The van der Waals surface area contributed by atoms with Gasteiger partial charge >= 0.3 is 0 Å². The van der Waals surface area contributed by atoms with Crippen molar-refractivity contribution in [2.75, 3.05) is 18.3 Å². The van der Waals surface area contributed by atoms with Gasteiger partial charge in [0.05, 0.1) is 23.9 Å². The molecule has 0 fully saturated rings. The number of hydrogen-bond acceptors (Lipinski definition) is 6. The monoisotopic (exact) mass is 300 g/mol. The lowest BCUT2D eigenvalue weighted by Crippen LogP contribution is -1.96. The molecule has 3 N–H and O–H groups in total. The Morgan fingerprint density at radius 2 is 2.37 bits per heavy atom. The molecule has 0 aliphatic rings. The number of anilines is 2. The third-order valence-electron chi connectivity index (χ3n) is 2.19. The number of methoxy groups -OCH3 is 1. The van der Waals surface area contributed by atoms with Crippen LogP contribution in [0, 0.1) is 5.82 Å². The predicted octanol–water partition coefficient (Wildman–Crippen LogP) is 2.97. The van der Waals surface area contributed by atoms with E-state index in [9.17, 15) is 4.39 Å². The van der Waals surface area contributed by atoms with Crippen LogP contribution in [-0.2, 0) is 0 Å². The van der Waals surface area contributed by atoms with Crippen molar-refractivity contribution >= 4 is 40.1 Å². The van der Waals surface area contributed by atoms with E-state index in [2.05, 4.69) is 15.5 Å². The summed E-state index contributed by atoms with van der Waals surface area (Å²) in [5.74, 6) is 0.294. The number of halogens is 2. The average molecular weight is 301 g/mol. The van der Waals surface area contributed by atoms with Crippen LogP contribution in [0.15, 0.2) is 22.6 Å². The molecule has 0 atom stereocenters. The highest BCUT2D eigenvalue weighted by atomic mass is 35.5. The van der Waals surface area contributed by atoms with Gasteiger partial charge in [0.15, 0.2) is 0 Å². The number of benzene rings is 1. The Labute approximate surface area is 117 Å². The molecule has 0 aliphatic heterocycles. The number of nitrogen functional groups attached to an aromatic ring is 1. The van der Waals surface area contributed by atoms with E-state index >= 15 is 0 Å². The minimum atomic E-state index is -0.539. The van der Waals surface area contributed by atoms with Crippen molar-refractivity contribution < 1.29 is 9.13 Å². The summed E-state index contributed by atoms with van der Waals surface area (Å²) in [7, 11) is 1.47. The maximum absolute atomic E-state index is 13.4. The summed E-state index contributed by atoms with van der Waals surface area (Å²) < 4.78 is 18.4. The summed E-state index contributed by atoms with van der Waals surface area (Å²) >= 11 is 7.16. The number of aromatic nitrogens is 1. The molecular weight excluding hydrogens is 291 g/mol. The number of thiazole rings is 1. The number of nitrogens with zero attached hydrogens (tertiary/aromatic N) is 2. The minimum Gasteiger partial charge on any atom is -0.496 e. The molecule has 0 aliphatic carbocycles. The van der Waals surface area contributed by atoms with Crippen molar-refractivity contribution in [3.63, 3.8) is 0 Å². The summed E-state index contributed by atoms with van der Waals surface area (Å²) in [6.45, 7) is 0. The van der Waals surface area contributed by atoms with E-state index in [0.29, 0.717) is 22.3 Å². The molecule has 5 nitrogen and oxygen atoms in total. The zero-order chi connectivity index (χ0) is 13.8. The Balaban J connectivity index is 2.20. The largest absolute Gasteiger partial charge is 0.496 e. The molecule has 0 spiro atoms. The van der Waals surface area contributed by atoms with Crippen LogP contribution in [0.25, 0.3) is 0 Å². The smallest absolute Gasteiger partial charge is 0.205 e. The van der Waals surface area contributed by atoms with Crippen molar-refractivity contribution in [1.82, 2.24) is 4.98 Å². The van der Waals surface area contributed by atoms with Gasteiger partial charge in [0.2, 0.25) is 5.13 Å². The molecule has 0 radical (unpaired) electrons. The maximum Gasteiger partial charge on any atom is 0.205 e. The lowest BCUT2D eigenvalue weighted by atomic mass is 10.2. The van der Waals surface area contributed by atoms with Gasteiger partial charge in [0, 0.05) is 5.38 Å². The normalized spacial score (nSPS) is 10.9. The summed E-state index contributed by atoms with van der Waals surface area (Å²) in [5, 5.41) is 6.07. The van der Waals surface area contributed by atoms with Gasteiger partial charge in [-0.3, -0.25) is 5.43 Å². The van der Waals surface area contributed by atoms with Crippen LogP contribution in [0.1, 0.15) is 5.56 Å². The number of rotatable bonds is 4. The highest BCUT2D eigenvalue weighted by Crippen LogP contribution is 2.27. The standard InChI is InChI=1S/C11H10ClFN4OS/c1-18-8-3-2-7(13)10(12)6(8)4-15-17-11-16-9(14)5-19-11/h2-5H,14H2,1H3,(H,16,17). The summed E-state index contributed by atoms with van der Waals surface area (Å²) in [5.41, 5.74) is 8.49. The van der Waals surface area contributed by atoms with Gasteiger partial charge in [-0.15, -0.1) is 11.3 Å². The second-order valence-electron chi connectivity index (χ2n) is 3.42. The van der Waals surface area contributed by atoms with Crippen LogP contribution >= 0.6 is 22.9 Å². The van der Waals surface area contributed by atoms with Crippen molar-refractivity contribution in [2.24, 2.45) is 5.10 Å². The molecule has 2 aromatic rings. The van der Waals surface area contributed by atoms with E-state index in [1.54, 1.807) is 5.38 Å². The fourth-order valence-electron chi connectivity index (χ4n) is 1.34. The molecule has 1 aromatic carbocycles. The number of nitrogens with one attached hydrogen (secondary N) is 1. The SMILES string of the molecule is COc1ccc(F)c(Cl)c1C=NNc1nc(N)cs1. The van der Waals surface area contributed by atoms with Crippen molar-refractivity contribution in [1.29, 1.82) is 0 Å². The molecular formula is C11H10ClFN4OS. The van der Waals surface area contributed by atoms with E-state index in [1.807, 2.05) is 0 Å². The first-order valence-corrected chi connectivity index (χ1v) is 6.39. The zero-order valence-electron chi connectivity index (χ0n) is 9.85. The summed E-state index contributed by atoms with van der Waals surface area (Å²) in [6, 6.07) is 2.71. The van der Waals surface area contributed by atoms with Gasteiger partial charge in [0.25, 0.3) is 0 Å². The number of hydrazone groups is 1. The van der Waals surface area contributed by atoms with Gasteiger partial charge in [-0.05, 0) is 12.1 Å². The molecule has 0 amide bonds. The Morgan fingerprint density at radius 1 is 1.58 bits per heavy atom. The van der Waals surface area contributed by atoms with Gasteiger partial charge in [-0.25, -0.2) is 9.37 Å². The molecule has 2 rings (SSSR count). The lowest BCUT2D eigenvalue weighted by molar-refractivity contribution is 0.413. The molecule has 0 unspecified atom stereocenters. The quantitative estimate of drug-likeness (QED) is 0.672. The third-order valence-corrected chi connectivity index (χ3v) is 3.34. The molecule has 0 saturated carbocycles. The molecule has 0 bridgehead atoms. The third kappa shape index (κ3) is 3.12. The molecule has 1 aromatic heterocycles. The average Bonchev–Trinajstić information content (AvgIpc) is 2.80. The van der Waals surface area contributed by atoms with Gasteiger partial charge in [-0.2, -0.15) is 5.10 Å². The van der Waals surface area contributed by atoms with Crippen LogP contribution in [-0.4, -0.2) is 18.3 Å².